The van der Waals surface area contributed by atoms with E-state index in [1.54, 1.807) is 12.1 Å². The van der Waals surface area contributed by atoms with Crippen molar-refractivity contribution in [2.24, 2.45) is 0 Å². The van der Waals surface area contributed by atoms with Crippen LogP contribution in [0, 0.1) is 5.82 Å². The monoisotopic (exact) mass is 402 g/mol. The molecule has 0 saturated carbocycles. The molecule has 2 amide bonds. The molecule has 0 atom stereocenters. The van der Waals surface area contributed by atoms with Crippen LogP contribution < -0.4 is 10.6 Å². The Balaban J connectivity index is 1.42. The third-order valence-electron chi connectivity index (χ3n) is 4.95. The van der Waals surface area contributed by atoms with E-state index in [1.807, 2.05) is 42.5 Å². The fourth-order valence-corrected chi connectivity index (χ4v) is 3.59. The lowest BCUT2D eigenvalue weighted by molar-refractivity contribution is 0.262. The second-order valence-corrected chi connectivity index (χ2v) is 7.05. The second kappa shape index (κ2) is 8.78. The van der Waals surface area contributed by atoms with Crippen molar-refractivity contribution in [2.75, 3.05) is 10.6 Å². The number of nitrogens with one attached hydrogen (secondary N) is 2. The van der Waals surface area contributed by atoms with Crippen LogP contribution in [-0.4, -0.2) is 15.6 Å². The lowest BCUT2D eigenvalue weighted by Gasteiger charge is -2.10. The van der Waals surface area contributed by atoms with Gasteiger partial charge in [-0.1, -0.05) is 30.3 Å². The molecule has 5 nitrogen and oxygen atoms in total. The van der Waals surface area contributed by atoms with E-state index >= 15 is 0 Å². The van der Waals surface area contributed by atoms with Crippen LogP contribution in [0.25, 0.3) is 11.0 Å². The first-order valence-corrected chi connectivity index (χ1v) is 9.99. The van der Waals surface area contributed by atoms with E-state index in [0.29, 0.717) is 11.4 Å². The Hall–Kier alpha value is -3.67. The normalized spacial score (nSPS) is 10.9. The number of aryl methyl sites for hydroxylation is 3. The van der Waals surface area contributed by atoms with Gasteiger partial charge in [0.15, 0.2) is 0 Å². The van der Waals surface area contributed by atoms with Crippen LogP contribution in [0.5, 0.6) is 0 Å². The number of para-hydroxylation sites is 2. The maximum absolute atomic E-state index is 13.3. The molecule has 152 valence electrons. The maximum atomic E-state index is 13.3. The van der Waals surface area contributed by atoms with Gasteiger partial charge in [-0.15, -0.1) is 0 Å². The summed E-state index contributed by atoms with van der Waals surface area (Å²) in [4.78, 5) is 17.0. The summed E-state index contributed by atoms with van der Waals surface area (Å²) in [7, 11) is 0. The van der Waals surface area contributed by atoms with Gasteiger partial charge < -0.3 is 15.2 Å². The maximum Gasteiger partial charge on any atom is 0.323 e. The van der Waals surface area contributed by atoms with Gasteiger partial charge in [-0.25, -0.2) is 14.2 Å². The number of benzene rings is 3. The fourth-order valence-electron chi connectivity index (χ4n) is 3.59. The molecule has 1 heterocycles. The van der Waals surface area contributed by atoms with Gasteiger partial charge in [-0.05, 0) is 61.4 Å². The highest BCUT2D eigenvalue weighted by Crippen LogP contribution is 2.19. The van der Waals surface area contributed by atoms with Crippen molar-refractivity contribution >= 4 is 28.4 Å². The summed E-state index contributed by atoms with van der Waals surface area (Å²) in [5.74, 6) is 0.661. The predicted octanol–water partition coefficient (Wildman–Crippen LogP) is 5.62. The van der Waals surface area contributed by atoms with Crippen LogP contribution in [0.1, 0.15) is 18.3 Å². The fraction of sp³-hybridized carbons (Fsp3) is 0.167. The molecule has 0 fully saturated rings. The van der Waals surface area contributed by atoms with Crippen LogP contribution in [-0.2, 0) is 19.4 Å². The Kier molecular flexibility index (Phi) is 5.75. The van der Waals surface area contributed by atoms with Crippen molar-refractivity contribution in [2.45, 2.75) is 26.3 Å². The van der Waals surface area contributed by atoms with Gasteiger partial charge in [-0.3, -0.25) is 0 Å². The van der Waals surface area contributed by atoms with Crippen molar-refractivity contribution in [3.63, 3.8) is 0 Å². The third kappa shape index (κ3) is 4.49. The Morgan fingerprint density at radius 3 is 2.43 bits per heavy atom. The molecule has 30 heavy (non-hydrogen) atoms. The third-order valence-corrected chi connectivity index (χ3v) is 4.95. The van der Waals surface area contributed by atoms with Crippen molar-refractivity contribution in [1.82, 2.24) is 9.55 Å². The largest absolute Gasteiger partial charge is 0.328 e. The first-order valence-electron chi connectivity index (χ1n) is 9.99. The summed E-state index contributed by atoms with van der Waals surface area (Å²) in [6.07, 6.45) is 1.62. The zero-order valence-corrected chi connectivity index (χ0v) is 16.7. The van der Waals surface area contributed by atoms with Crippen LogP contribution in [0.3, 0.4) is 0 Å². The number of halogens is 1. The number of anilines is 2. The number of hydrogen-bond acceptors (Lipinski definition) is 2. The molecule has 4 rings (SSSR count). The minimum atomic E-state index is -0.412. The van der Waals surface area contributed by atoms with E-state index in [0.717, 1.165) is 41.8 Å². The van der Waals surface area contributed by atoms with E-state index in [9.17, 15) is 9.18 Å². The summed E-state index contributed by atoms with van der Waals surface area (Å²) < 4.78 is 15.5. The topological polar surface area (TPSA) is 59.0 Å². The molecular weight excluding hydrogens is 379 g/mol. The zero-order valence-electron chi connectivity index (χ0n) is 16.7. The van der Waals surface area contributed by atoms with Crippen molar-refractivity contribution < 1.29 is 9.18 Å². The molecule has 0 aliphatic rings. The first-order chi connectivity index (χ1) is 14.6. The van der Waals surface area contributed by atoms with E-state index in [2.05, 4.69) is 28.2 Å². The lowest BCUT2D eigenvalue weighted by Crippen LogP contribution is -2.19. The summed E-state index contributed by atoms with van der Waals surface area (Å²) in [5, 5.41) is 5.43. The lowest BCUT2D eigenvalue weighted by atomic mass is 10.1. The molecule has 2 N–H and O–H groups in total. The highest BCUT2D eigenvalue weighted by Gasteiger charge is 2.10. The number of carbonyl (C=O) groups excluding carboxylic acids is 1. The van der Waals surface area contributed by atoms with Crippen molar-refractivity contribution in [1.29, 1.82) is 0 Å². The minimum absolute atomic E-state index is 0.395. The number of fused-ring (bicyclic) bond motifs is 1. The Morgan fingerprint density at radius 1 is 0.933 bits per heavy atom. The smallest absolute Gasteiger partial charge is 0.323 e. The van der Waals surface area contributed by atoms with E-state index < -0.39 is 11.8 Å². The van der Waals surface area contributed by atoms with Crippen LogP contribution in [0.2, 0.25) is 0 Å². The van der Waals surface area contributed by atoms with Crippen LogP contribution >= 0.6 is 0 Å². The van der Waals surface area contributed by atoms with Gasteiger partial charge in [0.25, 0.3) is 0 Å². The molecule has 3 aromatic carbocycles. The molecular formula is C24H23FN4O. The summed E-state index contributed by atoms with van der Waals surface area (Å²) in [6, 6.07) is 21.3. The molecule has 6 heteroatoms. The molecule has 1 aromatic heterocycles. The first kappa shape index (κ1) is 19.6. The quantitative estimate of drug-likeness (QED) is 0.439. The van der Waals surface area contributed by atoms with E-state index in [4.69, 9.17) is 4.98 Å². The van der Waals surface area contributed by atoms with Crippen molar-refractivity contribution in [3.8, 4) is 0 Å². The average Bonchev–Trinajstić information content (AvgIpc) is 3.10. The predicted molar refractivity (Wildman–Crippen MR) is 118 cm³/mol. The zero-order chi connectivity index (χ0) is 20.9. The number of amides is 2. The van der Waals surface area contributed by atoms with Crippen molar-refractivity contribution in [3.05, 3.63) is 90.0 Å². The van der Waals surface area contributed by atoms with Gasteiger partial charge in [0.2, 0.25) is 0 Å². The second-order valence-electron chi connectivity index (χ2n) is 7.05. The number of aromatic nitrogens is 2. The van der Waals surface area contributed by atoms with Gasteiger partial charge >= 0.3 is 6.03 Å². The standard InChI is InChI=1S/C24H23FN4O/c1-2-29-22-12-4-3-11-21(22)28-23(29)14-13-17-7-5-9-19(15-17)26-24(30)27-20-10-6-8-18(25)16-20/h3-12,15-16H,2,13-14H2,1H3,(H2,26,27,30). The van der Waals surface area contributed by atoms with E-state index in [-0.39, 0.29) is 0 Å². The van der Waals surface area contributed by atoms with E-state index in [1.165, 1.54) is 12.1 Å². The number of rotatable bonds is 6. The van der Waals surface area contributed by atoms with Gasteiger partial charge in [0, 0.05) is 24.3 Å². The molecule has 0 aliphatic heterocycles. The van der Waals surface area contributed by atoms with Crippen LogP contribution in [0.15, 0.2) is 72.8 Å². The number of imidazole rings is 1. The SMILES string of the molecule is CCn1c(CCc2cccc(NC(=O)Nc3cccc(F)c3)c2)nc2ccccc21. The Bertz CT molecular complexity index is 1180. The average molecular weight is 402 g/mol. The number of carbonyl (C=O) groups is 1. The minimum Gasteiger partial charge on any atom is -0.328 e. The molecule has 0 aliphatic carbocycles. The highest BCUT2D eigenvalue weighted by molar-refractivity contribution is 5.99. The van der Waals surface area contributed by atoms with Crippen LogP contribution in [0.4, 0.5) is 20.6 Å². The molecule has 0 bridgehead atoms. The summed E-state index contributed by atoms with van der Waals surface area (Å²) in [6.45, 7) is 3.00. The van der Waals surface area contributed by atoms with Gasteiger partial charge in [-0.2, -0.15) is 0 Å². The molecule has 0 radical (unpaired) electrons. The van der Waals surface area contributed by atoms with Gasteiger partial charge in [0.1, 0.15) is 11.6 Å². The Labute approximate surface area is 174 Å². The summed E-state index contributed by atoms with van der Waals surface area (Å²) >= 11 is 0. The number of urea groups is 1. The molecule has 0 spiro atoms. The molecule has 0 saturated heterocycles. The Morgan fingerprint density at radius 2 is 1.67 bits per heavy atom. The molecule has 4 aromatic rings. The van der Waals surface area contributed by atoms with Gasteiger partial charge in [0.05, 0.1) is 11.0 Å². The highest BCUT2D eigenvalue weighted by atomic mass is 19.1. The number of nitrogens with zero attached hydrogens (tertiary/aromatic N) is 2. The molecule has 0 unspecified atom stereocenters. The number of hydrogen-bond donors (Lipinski definition) is 2. The summed E-state index contributed by atoms with van der Waals surface area (Å²) in [5.41, 5.74) is 4.36.